The minimum absolute atomic E-state index is 0.0159. The minimum atomic E-state index is -0.889. The summed E-state index contributed by atoms with van der Waals surface area (Å²) in [5, 5.41) is 10.6. The lowest BCUT2D eigenvalue weighted by Gasteiger charge is -2.42. The van der Waals surface area contributed by atoms with Gasteiger partial charge < -0.3 is 19.8 Å². The van der Waals surface area contributed by atoms with Gasteiger partial charge in [-0.15, -0.1) is 24.9 Å². The number of hydrogen-bond donors (Lipinski definition) is 1. The van der Waals surface area contributed by atoms with Crippen LogP contribution >= 0.6 is 23.4 Å². The number of rotatable bonds is 10. The summed E-state index contributed by atoms with van der Waals surface area (Å²) in [6.45, 7) is 13.7. The highest BCUT2D eigenvalue weighted by Crippen LogP contribution is 2.69. The van der Waals surface area contributed by atoms with Gasteiger partial charge in [-0.05, 0) is 49.9 Å². The Morgan fingerprint density at radius 3 is 2.40 bits per heavy atom. The van der Waals surface area contributed by atoms with E-state index in [1.54, 1.807) is 51.6 Å². The van der Waals surface area contributed by atoms with Crippen LogP contribution in [0.25, 0.3) is 0 Å². The first kappa shape index (κ1) is 30.4. The number of carbonyl (C=O) groups excluding carboxylic acids is 3. The molecule has 3 fully saturated rings. The highest BCUT2D eigenvalue weighted by atomic mass is 35.5. The third kappa shape index (κ3) is 4.59. The quantitative estimate of drug-likeness (QED) is 0.380. The van der Waals surface area contributed by atoms with Gasteiger partial charge >= 0.3 is 0 Å². The molecule has 222 valence electrons. The van der Waals surface area contributed by atoms with E-state index in [4.69, 9.17) is 11.6 Å². The fourth-order valence-corrected chi connectivity index (χ4v) is 10.1. The second-order valence-electron chi connectivity index (χ2n) is 11.5. The zero-order valence-electron chi connectivity index (χ0n) is 24.3. The van der Waals surface area contributed by atoms with E-state index >= 15 is 0 Å². The van der Waals surface area contributed by atoms with Crippen molar-refractivity contribution >= 4 is 52.5 Å². The molecule has 2 bridgehead atoms. The number of aliphatic hydroxyl groups excluding tert-OH is 1. The van der Waals surface area contributed by atoms with Crippen LogP contribution in [0.2, 0.25) is 5.02 Å². The van der Waals surface area contributed by atoms with Crippen molar-refractivity contribution < 1.29 is 19.5 Å². The summed E-state index contributed by atoms with van der Waals surface area (Å²) in [5.41, 5.74) is 2.14. The first-order valence-electron chi connectivity index (χ1n) is 14.4. The lowest BCUT2D eigenvalue weighted by atomic mass is 9.65. The Morgan fingerprint density at radius 1 is 1.12 bits per heavy atom. The van der Waals surface area contributed by atoms with Crippen molar-refractivity contribution in [1.29, 1.82) is 0 Å². The summed E-state index contributed by atoms with van der Waals surface area (Å²) in [5.74, 6) is -2.00. The molecule has 42 heavy (non-hydrogen) atoms. The smallest absolute Gasteiger partial charge is 0.251 e. The number of benzene rings is 2. The predicted octanol–water partition coefficient (Wildman–Crippen LogP) is 5.10. The first-order chi connectivity index (χ1) is 20.1. The molecule has 3 saturated heterocycles. The highest BCUT2D eigenvalue weighted by Gasteiger charge is 2.77. The second-order valence-corrected chi connectivity index (χ2v) is 13.5. The van der Waals surface area contributed by atoms with Crippen LogP contribution in [0.4, 0.5) is 11.4 Å². The van der Waals surface area contributed by atoms with E-state index in [-0.39, 0.29) is 42.0 Å². The number of para-hydroxylation sites is 2. The molecule has 7 atom stereocenters. The van der Waals surface area contributed by atoms with E-state index < -0.39 is 28.7 Å². The fourth-order valence-electron chi connectivity index (χ4n) is 7.36. The lowest BCUT2D eigenvalue weighted by molar-refractivity contribution is -0.141. The first-order valence-corrected chi connectivity index (χ1v) is 15.6. The molecule has 0 saturated carbocycles. The van der Waals surface area contributed by atoms with Crippen molar-refractivity contribution in [3.05, 3.63) is 84.4 Å². The number of halogens is 1. The summed E-state index contributed by atoms with van der Waals surface area (Å²) in [4.78, 5) is 48.6. The van der Waals surface area contributed by atoms with E-state index in [2.05, 4.69) is 20.1 Å². The van der Waals surface area contributed by atoms with Gasteiger partial charge in [0.2, 0.25) is 11.8 Å². The van der Waals surface area contributed by atoms with Crippen LogP contribution in [0, 0.1) is 24.7 Å². The van der Waals surface area contributed by atoms with Crippen LogP contribution in [0.5, 0.6) is 0 Å². The number of nitrogens with zero attached hydrogens (tertiary/aromatic N) is 3. The van der Waals surface area contributed by atoms with E-state index in [1.165, 1.54) is 0 Å². The second kappa shape index (κ2) is 11.9. The molecule has 2 aromatic carbocycles. The molecule has 0 aromatic heterocycles. The zero-order chi connectivity index (χ0) is 30.3. The van der Waals surface area contributed by atoms with Crippen molar-refractivity contribution in [2.75, 3.05) is 29.5 Å². The molecule has 0 radical (unpaired) electrons. The number of carbonyl (C=O) groups is 3. The Hall–Kier alpha value is -3.07. The van der Waals surface area contributed by atoms with Crippen molar-refractivity contribution in [3.63, 3.8) is 0 Å². The molecule has 3 aliphatic heterocycles. The maximum Gasteiger partial charge on any atom is 0.251 e. The monoisotopic (exact) mass is 607 g/mol. The molecule has 2 aromatic rings. The number of fused-ring (bicyclic) bond motifs is 1. The van der Waals surface area contributed by atoms with Crippen LogP contribution in [0.15, 0.2) is 73.8 Å². The topological polar surface area (TPSA) is 81.2 Å². The SMILES string of the molecule is C=CCN(C(=O)[C@@H]1[C@@H]2CC(C)C3(S2)C(C(=O)N(CC=C)c2c(C)cccc2Cl)N([C@H](C)CO)C(=O)[C@H]13)c1ccccc1. The number of aryl methyl sites for hydroxylation is 1. The summed E-state index contributed by atoms with van der Waals surface area (Å²) in [7, 11) is 0. The van der Waals surface area contributed by atoms with Gasteiger partial charge in [-0.2, -0.15) is 0 Å². The molecule has 1 spiro atoms. The Balaban J connectivity index is 1.63. The summed E-state index contributed by atoms with van der Waals surface area (Å²) in [6, 6.07) is 13.4. The standard InChI is InChI=1S/C33H38ClN3O4S/c1-6-16-35(23-13-9-8-10-14-23)30(39)26-25-18-21(4)33(42-25)27(26)31(40)37(22(5)19-38)29(33)32(41)36(17-7-2)28-20(3)12-11-15-24(28)34/h6-15,21-22,25-27,29,38H,1-2,16-19H2,3-5H3/t21?,22-,25+,26-,27+,29?,33?/m1/s1. The van der Waals surface area contributed by atoms with Gasteiger partial charge in [0.1, 0.15) is 6.04 Å². The molecular weight excluding hydrogens is 570 g/mol. The largest absolute Gasteiger partial charge is 0.394 e. The van der Waals surface area contributed by atoms with Crippen molar-refractivity contribution in [3.8, 4) is 0 Å². The fraction of sp³-hybridized carbons (Fsp3) is 0.424. The van der Waals surface area contributed by atoms with Gasteiger partial charge in [0, 0.05) is 24.0 Å². The number of amides is 3. The van der Waals surface area contributed by atoms with Crippen LogP contribution < -0.4 is 9.80 Å². The molecule has 3 aliphatic rings. The Morgan fingerprint density at radius 2 is 1.79 bits per heavy atom. The summed E-state index contributed by atoms with van der Waals surface area (Å²) < 4.78 is -0.840. The number of aliphatic hydroxyl groups is 1. The summed E-state index contributed by atoms with van der Waals surface area (Å²) >= 11 is 8.27. The Bertz CT molecular complexity index is 1380. The molecule has 3 amide bonds. The minimum Gasteiger partial charge on any atom is -0.394 e. The lowest BCUT2D eigenvalue weighted by Crippen LogP contribution is -2.59. The average Bonchev–Trinajstić information content (AvgIpc) is 3.58. The maximum absolute atomic E-state index is 14.8. The van der Waals surface area contributed by atoms with Gasteiger partial charge in [0.25, 0.3) is 5.91 Å². The van der Waals surface area contributed by atoms with E-state index in [0.29, 0.717) is 23.7 Å². The molecule has 3 unspecified atom stereocenters. The van der Waals surface area contributed by atoms with E-state index in [1.807, 2.05) is 49.4 Å². The molecule has 5 rings (SSSR count). The molecule has 0 aliphatic carbocycles. The van der Waals surface area contributed by atoms with Crippen molar-refractivity contribution in [1.82, 2.24) is 4.90 Å². The molecule has 9 heteroatoms. The maximum atomic E-state index is 14.8. The number of hydrogen-bond acceptors (Lipinski definition) is 5. The molecule has 7 nitrogen and oxygen atoms in total. The number of likely N-dealkylation sites (tertiary alicyclic amines) is 1. The van der Waals surface area contributed by atoms with Crippen molar-refractivity contribution in [2.24, 2.45) is 17.8 Å². The number of anilines is 2. The van der Waals surface area contributed by atoms with Crippen molar-refractivity contribution in [2.45, 2.75) is 49.3 Å². The third-order valence-corrected chi connectivity index (χ3v) is 11.5. The number of thioether (sulfide) groups is 1. The molecular formula is C33H38ClN3O4S. The van der Waals surface area contributed by atoms with Gasteiger partial charge in [-0.1, -0.05) is 61.0 Å². The zero-order valence-corrected chi connectivity index (χ0v) is 25.9. The van der Waals surface area contributed by atoms with Crippen LogP contribution in [-0.2, 0) is 14.4 Å². The van der Waals surface area contributed by atoms with E-state index in [0.717, 1.165) is 11.3 Å². The van der Waals surface area contributed by atoms with Gasteiger partial charge in [-0.25, -0.2) is 0 Å². The Labute approximate surface area is 257 Å². The third-order valence-electron chi connectivity index (χ3n) is 9.12. The summed E-state index contributed by atoms with van der Waals surface area (Å²) in [6.07, 6.45) is 4.04. The Kier molecular flexibility index (Phi) is 8.61. The average molecular weight is 608 g/mol. The predicted molar refractivity (Wildman–Crippen MR) is 170 cm³/mol. The van der Waals surface area contributed by atoms with Gasteiger partial charge in [0.05, 0.1) is 39.9 Å². The van der Waals surface area contributed by atoms with E-state index in [9.17, 15) is 19.5 Å². The molecule has 3 heterocycles. The van der Waals surface area contributed by atoms with Crippen LogP contribution in [-0.4, -0.2) is 69.5 Å². The highest BCUT2D eigenvalue weighted by molar-refractivity contribution is 8.02. The normalized spacial score (nSPS) is 28.4. The van der Waals surface area contributed by atoms with Gasteiger partial charge in [-0.3, -0.25) is 14.4 Å². The van der Waals surface area contributed by atoms with Gasteiger partial charge in [0.15, 0.2) is 0 Å². The molecule has 1 N–H and O–H groups in total. The van der Waals surface area contributed by atoms with Crippen LogP contribution in [0.1, 0.15) is 25.8 Å². The van der Waals surface area contributed by atoms with Crippen LogP contribution in [0.3, 0.4) is 0 Å².